The molecule has 0 aliphatic heterocycles. The van der Waals surface area contributed by atoms with Crippen molar-refractivity contribution in [1.29, 1.82) is 0 Å². The van der Waals surface area contributed by atoms with E-state index in [0.717, 1.165) is 25.7 Å². The fraction of sp³-hybridized carbons (Fsp3) is 0.852. The van der Waals surface area contributed by atoms with Crippen molar-refractivity contribution in [1.82, 2.24) is 0 Å². The summed E-state index contributed by atoms with van der Waals surface area (Å²) in [5, 5.41) is 0. The number of hydrogen-bond acceptors (Lipinski definition) is 4. The van der Waals surface area contributed by atoms with E-state index in [1.54, 1.807) is 0 Å². The van der Waals surface area contributed by atoms with Crippen molar-refractivity contribution in [2.45, 2.75) is 94.4 Å². The van der Waals surface area contributed by atoms with E-state index in [4.69, 9.17) is 9.47 Å². The van der Waals surface area contributed by atoms with Crippen LogP contribution in [0.25, 0.3) is 0 Å². The second-order valence-electron chi connectivity index (χ2n) is 12.0. The van der Waals surface area contributed by atoms with E-state index >= 15 is 0 Å². The van der Waals surface area contributed by atoms with Crippen molar-refractivity contribution in [3.8, 4) is 0 Å². The lowest BCUT2D eigenvalue weighted by molar-refractivity contribution is -0.163. The monoisotopic (exact) mass is 436 g/mol. The molecule has 0 aromatic heterocycles. The van der Waals surface area contributed by atoms with Crippen molar-refractivity contribution in [2.75, 3.05) is 13.2 Å². The van der Waals surface area contributed by atoms with Crippen molar-refractivity contribution >= 4 is 11.9 Å². The van der Waals surface area contributed by atoms with Gasteiger partial charge in [0, 0.05) is 0 Å². The van der Waals surface area contributed by atoms with E-state index in [-0.39, 0.29) is 28.7 Å². The van der Waals surface area contributed by atoms with Crippen LogP contribution in [-0.2, 0) is 19.1 Å². The summed E-state index contributed by atoms with van der Waals surface area (Å²) in [5.74, 6) is -0.255. The van der Waals surface area contributed by atoms with Gasteiger partial charge in [-0.05, 0) is 60.7 Å². The van der Waals surface area contributed by atoms with Crippen LogP contribution in [0.5, 0.6) is 0 Å². The molecule has 4 nitrogen and oxygen atoms in total. The van der Waals surface area contributed by atoms with Gasteiger partial charge in [-0.3, -0.25) is 9.59 Å². The Morgan fingerprint density at radius 3 is 1.77 bits per heavy atom. The molecule has 1 rings (SSSR count). The molecule has 0 heterocycles. The molecule has 31 heavy (non-hydrogen) atoms. The van der Waals surface area contributed by atoms with Crippen LogP contribution in [0.4, 0.5) is 0 Å². The lowest BCUT2D eigenvalue weighted by atomic mass is 9.76. The third-order valence-electron chi connectivity index (χ3n) is 6.37. The van der Waals surface area contributed by atoms with Gasteiger partial charge in [0.2, 0.25) is 0 Å². The SMILES string of the molecule is CC(C)CC(C)(C)CCOC(=O)C1CC=CC(C)C1C(=O)OCCC(C)(C)CC(C)C. The highest BCUT2D eigenvalue weighted by Crippen LogP contribution is 2.34. The summed E-state index contributed by atoms with van der Waals surface area (Å²) in [7, 11) is 0. The average Bonchev–Trinajstić information content (AvgIpc) is 2.58. The topological polar surface area (TPSA) is 52.6 Å². The van der Waals surface area contributed by atoms with Crippen molar-refractivity contribution in [2.24, 2.45) is 40.4 Å². The first-order valence-electron chi connectivity index (χ1n) is 12.2. The maximum Gasteiger partial charge on any atom is 0.310 e. The number of rotatable bonds is 12. The number of carbonyl (C=O) groups excluding carboxylic acids is 2. The first-order chi connectivity index (χ1) is 14.2. The molecule has 0 aromatic carbocycles. The van der Waals surface area contributed by atoms with Gasteiger partial charge in [0.25, 0.3) is 0 Å². The molecule has 0 amide bonds. The quantitative estimate of drug-likeness (QED) is 0.249. The van der Waals surface area contributed by atoms with Crippen molar-refractivity contribution in [3.05, 3.63) is 12.2 Å². The van der Waals surface area contributed by atoms with Gasteiger partial charge in [0.05, 0.1) is 25.0 Å². The van der Waals surface area contributed by atoms with Gasteiger partial charge in [-0.1, -0.05) is 74.5 Å². The van der Waals surface area contributed by atoms with Crippen molar-refractivity contribution in [3.63, 3.8) is 0 Å². The first-order valence-corrected chi connectivity index (χ1v) is 12.2. The fourth-order valence-corrected chi connectivity index (χ4v) is 5.17. The van der Waals surface area contributed by atoms with Gasteiger partial charge in [-0.15, -0.1) is 0 Å². The summed E-state index contributed by atoms with van der Waals surface area (Å²) in [5.41, 5.74) is 0.267. The summed E-state index contributed by atoms with van der Waals surface area (Å²) < 4.78 is 11.3. The Labute approximate surface area is 191 Å². The van der Waals surface area contributed by atoms with Gasteiger partial charge in [-0.2, -0.15) is 0 Å². The molecule has 0 fully saturated rings. The largest absolute Gasteiger partial charge is 0.465 e. The molecule has 0 aromatic rings. The highest BCUT2D eigenvalue weighted by molar-refractivity contribution is 5.83. The van der Waals surface area contributed by atoms with Crippen LogP contribution in [0.15, 0.2) is 12.2 Å². The second-order valence-corrected chi connectivity index (χ2v) is 12.0. The normalized spacial score (nSPS) is 22.1. The second kappa shape index (κ2) is 12.1. The van der Waals surface area contributed by atoms with Gasteiger partial charge < -0.3 is 9.47 Å². The molecular weight excluding hydrogens is 388 g/mol. The molecule has 0 saturated carbocycles. The lowest BCUT2D eigenvalue weighted by Crippen LogP contribution is -2.38. The maximum atomic E-state index is 12.9. The van der Waals surface area contributed by atoms with Crippen LogP contribution in [0.1, 0.15) is 94.4 Å². The van der Waals surface area contributed by atoms with Crippen LogP contribution in [-0.4, -0.2) is 25.2 Å². The molecule has 3 atom stereocenters. The number of allylic oxidation sites excluding steroid dienone is 2. The van der Waals surface area contributed by atoms with Crippen LogP contribution in [0.3, 0.4) is 0 Å². The van der Waals surface area contributed by atoms with Crippen LogP contribution < -0.4 is 0 Å². The molecule has 180 valence electrons. The highest BCUT2D eigenvalue weighted by atomic mass is 16.5. The lowest BCUT2D eigenvalue weighted by Gasteiger charge is -2.31. The Balaban J connectivity index is 2.64. The van der Waals surface area contributed by atoms with Crippen molar-refractivity contribution < 1.29 is 19.1 Å². The molecule has 0 spiro atoms. The molecular formula is C27H48O4. The zero-order valence-electron chi connectivity index (χ0n) is 21.6. The molecule has 1 aliphatic carbocycles. The molecule has 0 bridgehead atoms. The Hall–Kier alpha value is -1.32. The Morgan fingerprint density at radius 1 is 0.871 bits per heavy atom. The highest BCUT2D eigenvalue weighted by Gasteiger charge is 2.40. The Kier molecular flexibility index (Phi) is 10.8. The summed E-state index contributed by atoms with van der Waals surface area (Å²) >= 11 is 0. The number of carbonyl (C=O) groups is 2. The smallest absolute Gasteiger partial charge is 0.310 e. The third kappa shape index (κ3) is 10.2. The number of esters is 2. The fourth-order valence-electron chi connectivity index (χ4n) is 5.17. The summed E-state index contributed by atoms with van der Waals surface area (Å²) in [6.07, 6.45) is 8.39. The van der Waals surface area contributed by atoms with E-state index in [2.05, 4.69) is 55.4 Å². The molecule has 0 N–H and O–H groups in total. The molecule has 1 aliphatic rings. The minimum absolute atomic E-state index is 0.0279. The standard InChI is InChI=1S/C27H48O4/c1-19(2)17-26(6,7)13-15-30-24(28)22-12-10-11-21(5)23(22)25(29)31-16-14-27(8,9)18-20(3)4/h10-11,19-23H,12-18H2,1-9H3. The summed E-state index contributed by atoms with van der Waals surface area (Å²) in [6, 6.07) is 0. The van der Waals surface area contributed by atoms with E-state index in [1.165, 1.54) is 0 Å². The number of ether oxygens (including phenoxy) is 2. The van der Waals surface area contributed by atoms with E-state index in [9.17, 15) is 9.59 Å². The zero-order valence-corrected chi connectivity index (χ0v) is 21.6. The van der Waals surface area contributed by atoms with E-state index in [0.29, 0.717) is 31.5 Å². The minimum atomic E-state index is -0.464. The summed E-state index contributed by atoms with van der Waals surface area (Å²) in [6.45, 7) is 20.5. The van der Waals surface area contributed by atoms with E-state index in [1.807, 2.05) is 19.1 Å². The predicted molar refractivity (Wildman–Crippen MR) is 128 cm³/mol. The Bertz CT molecular complexity index is 600. The molecule has 0 saturated heterocycles. The van der Waals surface area contributed by atoms with Crippen LogP contribution >= 0.6 is 0 Å². The number of hydrogen-bond donors (Lipinski definition) is 0. The molecule has 4 heteroatoms. The maximum absolute atomic E-state index is 12.9. The molecule has 0 radical (unpaired) electrons. The van der Waals surface area contributed by atoms with Gasteiger partial charge in [0.1, 0.15) is 0 Å². The van der Waals surface area contributed by atoms with E-state index < -0.39 is 11.8 Å². The Morgan fingerprint density at radius 2 is 1.32 bits per heavy atom. The van der Waals surface area contributed by atoms with Crippen LogP contribution in [0.2, 0.25) is 0 Å². The third-order valence-corrected chi connectivity index (χ3v) is 6.37. The first kappa shape index (κ1) is 27.7. The van der Waals surface area contributed by atoms with Gasteiger partial charge in [0.15, 0.2) is 0 Å². The minimum Gasteiger partial charge on any atom is -0.465 e. The van der Waals surface area contributed by atoms with Gasteiger partial charge >= 0.3 is 11.9 Å². The molecule has 3 unspecified atom stereocenters. The summed E-state index contributed by atoms with van der Waals surface area (Å²) in [4.78, 5) is 25.8. The zero-order chi connectivity index (χ0) is 23.8. The van der Waals surface area contributed by atoms with Gasteiger partial charge in [-0.25, -0.2) is 0 Å². The van der Waals surface area contributed by atoms with Crippen LogP contribution in [0, 0.1) is 40.4 Å². The predicted octanol–water partition coefficient (Wildman–Crippen LogP) is 6.83. The average molecular weight is 437 g/mol.